The van der Waals surface area contributed by atoms with Crippen LogP contribution in [0.25, 0.3) is 0 Å². The third kappa shape index (κ3) is 14.8. The van der Waals surface area contributed by atoms with Crippen LogP contribution < -0.4 is 0 Å². The topological polar surface area (TPSA) is 24.7 Å². The SMILES string of the molecule is CC=N/C(=C/C)CC=NC(/C=C\C)C/C=C/CCCC1CCCC(CC2CCC(CC(C)C(C)(C)CCC)CC2)CC1. The zero-order chi connectivity index (χ0) is 30.6. The van der Waals surface area contributed by atoms with Gasteiger partial charge in [-0.05, 0) is 94.3 Å². The fraction of sp³-hybridized carbons (Fsp3) is 0.800. The van der Waals surface area contributed by atoms with Gasteiger partial charge in [-0.3, -0.25) is 9.98 Å². The first-order valence-corrected chi connectivity index (χ1v) is 18.2. The molecule has 0 aromatic heterocycles. The average molecular weight is 579 g/mol. The molecule has 42 heavy (non-hydrogen) atoms. The number of aliphatic imine (C=N–C) groups is 2. The Morgan fingerprint density at radius 3 is 2.21 bits per heavy atom. The van der Waals surface area contributed by atoms with Crippen molar-refractivity contribution in [2.24, 2.45) is 45.0 Å². The summed E-state index contributed by atoms with van der Waals surface area (Å²) in [7, 11) is 0. The number of hydrogen-bond donors (Lipinski definition) is 0. The van der Waals surface area contributed by atoms with Crippen LogP contribution in [0.2, 0.25) is 0 Å². The Morgan fingerprint density at radius 2 is 1.55 bits per heavy atom. The van der Waals surface area contributed by atoms with Crippen LogP contribution in [-0.4, -0.2) is 18.5 Å². The van der Waals surface area contributed by atoms with E-state index in [0.717, 1.165) is 48.1 Å². The predicted octanol–water partition coefficient (Wildman–Crippen LogP) is 12.7. The van der Waals surface area contributed by atoms with E-state index >= 15 is 0 Å². The smallest absolute Gasteiger partial charge is 0.0710 e. The molecule has 4 atom stereocenters. The number of rotatable bonds is 18. The van der Waals surface area contributed by atoms with E-state index in [1.165, 1.54) is 103 Å². The Hall–Kier alpha value is -1.44. The third-order valence-corrected chi connectivity index (χ3v) is 10.9. The van der Waals surface area contributed by atoms with Crippen molar-refractivity contribution in [1.82, 2.24) is 0 Å². The average Bonchev–Trinajstić information content (AvgIpc) is 3.20. The molecule has 2 rings (SSSR count). The molecule has 0 radical (unpaired) electrons. The molecule has 2 aliphatic rings. The maximum atomic E-state index is 4.79. The van der Waals surface area contributed by atoms with Gasteiger partial charge in [-0.15, -0.1) is 0 Å². The van der Waals surface area contributed by atoms with Gasteiger partial charge in [-0.1, -0.05) is 129 Å². The van der Waals surface area contributed by atoms with E-state index in [9.17, 15) is 0 Å². The molecule has 0 saturated heterocycles. The number of unbranched alkanes of at least 4 members (excludes halogenated alkanes) is 1. The van der Waals surface area contributed by atoms with Crippen LogP contribution in [0, 0.1) is 35.0 Å². The summed E-state index contributed by atoms with van der Waals surface area (Å²) in [6.45, 7) is 16.0. The quantitative estimate of drug-likeness (QED) is 0.0669. The standard InChI is InChI=1S/C40H70N2/c1-8-17-39(42-30-28-38(10-3)41-11-4)21-15-13-12-14-18-34-19-16-20-35(23-22-34)32-37-26-24-36(25-27-37)31-33(5)40(6,7)29-9-2/h8,10-11,13,15,17,30,33-37,39H,9,12,14,16,18-29,31-32H2,1-7H3/b15-13+,17-8-,38-10+,41-11?,42-30?. The number of allylic oxidation sites excluding steroid dienone is 4. The normalized spacial score (nSPS) is 26.5. The van der Waals surface area contributed by atoms with E-state index < -0.39 is 0 Å². The highest BCUT2D eigenvalue weighted by Crippen LogP contribution is 2.42. The Balaban J connectivity index is 1.62. The van der Waals surface area contributed by atoms with E-state index in [-0.39, 0.29) is 6.04 Å². The van der Waals surface area contributed by atoms with Crippen molar-refractivity contribution in [2.75, 3.05) is 0 Å². The van der Waals surface area contributed by atoms with Crippen LogP contribution in [0.5, 0.6) is 0 Å². The van der Waals surface area contributed by atoms with E-state index in [2.05, 4.69) is 70.0 Å². The van der Waals surface area contributed by atoms with Crippen LogP contribution in [-0.2, 0) is 0 Å². The van der Waals surface area contributed by atoms with Gasteiger partial charge < -0.3 is 0 Å². The van der Waals surface area contributed by atoms with Crippen LogP contribution >= 0.6 is 0 Å². The Kier molecular flexibility index (Phi) is 18.6. The first-order valence-electron chi connectivity index (χ1n) is 18.2. The van der Waals surface area contributed by atoms with Crippen LogP contribution in [0.1, 0.15) is 164 Å². The molecule has 240 valence electrons. The van der Waals surface area contributed by atoms with Gasteiger partial charge in [0.05, 0.1) is 6.04 Å². The lowest BCUT2D eigenvalue weighted by Gasteiger charge is -2.37. The first-order chi connectivity index (χ1) is 20.3. The highest BCUT2D eigenvalue weighted by Gasteiger charge is 2.30. The van der Waals surface area contributed by atoms with Gasteiger partial charge in [0.25, 0.3) is 0 Å². The molecule has 2 heteroatoms. The van der Waals surface area contributed by atoms with Gasteiger partial charge in [-0.2, -0.15) is 0 Å². The second kappa shape index (κ2) is 21.3. The zero-order valence-electron chi connectivity index (χ0n) is 29.1. The van der Waals surface area contributed by atoms with Gasteiger partial charge in [-0.25, -0.2) is 0 Å². The highest BCUT2D eigenvalue weighted by molar-refractivity contribution is 5.63. The first kappa shape index (κ1) is 36.8. The summed E-state index contributed by atoms with van der Waals surface area (Å²) in [5.41, 5.74) is 1.60. The highest BCUT2D eigenvalue weighted by atomic mass is 14.8. The molecule has 2 aliphatic carbocycles. The lowest BCUT2D eigenvalue weighted by molar-refractivity contribution is 0.142. The summed E-state index contributed by atoms with van der Waals surface area (Å²) in [5, 5.41) is 0. The summed E-state index contributed by atoms with van der Waals surface area (Å²) < 4.78 is 0. The van der Waals surface area contributed by atoms with Crippen molar-refractivity contribution >= 4 is 12.4 Å². The van der Waals surface area contributed by atoms with E-state index in [4.69, 9.17) is 4.99 Å². The lowest BCUT2D eigenvalue weighted by Crippen LogP contribution is -2.26. The van der Waals surface area contributed by atoms with Crippen molar-refractivity contribution < 1.29 is 0 Å². The number of hydrogen-bond acceptors (Lipinski definition) is 2. The summed E-state index contributed by atoms with van der Waals surface area (Å²) in [4.78, 5) is 9.18. The van der Waals surface area contributed by atoms with Gasteiger partial charge >= 0.3 is 0 Å². The van der Waals surface area contributed by atoms with Gasteiger partial charge in [0.15, 0.2) is 0 Å². The van der Waals surface area contributed by atoms with E-state index in [1.54, 1.807) is 0 Å². The third-order valence-electron chi connectivity index (χ3n) is 10.9. The minimum absolute atomic E-state index is 0.241. The lowest BCUT2D eigenvalue weighted by atomic mass is 9.69. The Morgan fingerprint density at radius 1 is 0.881 bits per heavy atom. The molecular weight excluding hydrogens is 508 g/mol. The molecule has 0 aliphatic heterocycles. The van der Waals surface area contributed by atoms with Gasteiger partial charge in [0.2, 0.25) is 0 Å². The molecule has 2 fully saturated rings. The Bertz CT molecular complexity index is 836. The van der Waals surface area contributed by atoms with Crippen LogP contribution in [0.15, 0.2) is 46.1 Å². The minimum atomic E-state index is 0.241. The van der Waals surface area contributed by atoms with Crippen molar-refractivity contribution in [2.45, 2.75) is 170 Å². The van der Waals surface area contributed by atoms with Crippen molar-refractivity contribution in [1.29, 1.82) is 0 Å². The van der Waals surface area contributed by atoms with Crippen molar-refractivity contribution in [3.05, 3.63) is 36.1 Å². The zero-order valence-corrected chi connectivity index (χ0v) is 29.1. The summed E-state index contributed by atoms with van der Waals surface area (Å²) in [5.74, 6) is 4.88. The molecule has 0 N–H and O–H groups in total. The largest absolute Gasteiger partial charge is 0.289 e. The van der Waals surface area contributed by atoms with Crippen molar-refractivity contribution in [3.63, 3.8) is 0 Å². The van der Waals surface area contributed by atoms with Crippen molar-refractivity contribution in [3.8, 4) is 0 Å². The maximum absolute atomic E-state index is 4.79. The minimum Gasteiger partial charge on any atom is -0.289 e. The summed E-state index contributed by atoms with van der Waals surface area (Å²) >= 11 is 0. The molecular formula is C40H70N2. The van der Waals surface area contributed by atoms with E-state index in [0.29, 0.717) is 5.41 Å². The fourth-order valence-electron chi connectivity index (χ4n) is 7.85. The molecule has 0 spiro atoms. The van der Waals surface area contributed by atoms with Gasteiger partial charge in [0.1, 0.15) is 0 Å². The second-order valence-electron chi connectivity index (χ2n) is 14.7. The Labute approximate surface area is 263 Å². The monoisotopic (exact) mass is 579 g/mol. The second-order valence-corrected chi connectivity index (χ2v) is 14.7. The maximum Gasteiger partial charge on any atom is 0.0710 e. The molecule has 0 bridgehead atoms. The molecule has 0 amide bonds. The molecule has 0 heterocycles. The van der Waals surface area contributed by atoms with Gasteiger partial charge in [0, 0.05) is 24.5 Å². The fourth-order valence-corrected chi connectivity index (χ4v) is 7.85. The van der Waals surface area contributed by atoms with E-state index in [1.807, 2.05) is 26.3 Å². The number of nitrogens with zero attached hydrogens (tertiary/aromatic N) is 2. The predicted molar refractivity (Wildman–Crippen MR) is 190 cm³/mol. The van der Waals surface area contributed by atoms with Crippen LogP contribution in [0.4, 0.5) is 0 Å². The molecule has 2 saturated carbocycles. The van der Waals surface area contributed by atoms with Crippen LogP contribution in [0.3, 0.4) is 0 Å². The molecule has 0 aromatic carbocycles. The molecule has 2 nitrogen and oxygen atoms in total. The summed E-state index contributed by atoms with van der Waals surface area (Å²) in [6.07, 6.45) is 40.0. The molecule has 4 unspecified atom stereocenters. The molecule has 0 aromatic rings. The summed E-state index contributed by atoms with van der Waals surface area (Å²) in [6, 6.07) is 0.241.